The fraction of sp³-hybridized carbons (Fsp3) is 0.190. The van der Waals surface area contributed by atoms with Crippen molar-refractivity contribution in [3.05, 3.63) is 60.4 Å². The number of pyridine rings is 1. The van der Waals surface area contributed by atoms with Crippen LogP contribution >= 0.6 is 0 Å². The van der Waals surface area contributed by atoms with Gasteiger partial charge in [0.05, 0.1) is 23.3 Å². The lowest BCUT2D eigenvalue weighted by atomic mass is 10.1. The molecule has 1 aliphatic heterocycles. The van der Waals surface area contributed by atoms with Crippen molar-refractivity contribution in [2.45, 2.75) is 20.0 Å². The van der Waals surface area contributed by atoms with Crippen LogP contribution in [0.1, 0.15) is 12.5 Å². The first-order chi connectivity index (χ1) is 12.2. The number of benzene rings is 2. The van der Waals surface area contributed by atoms with Gasteiger partial charge in [0.15, 0.2) is 11.2 Å². The molecule has 0 fully saturated rings. The number of hydrogen-bond acceptors (Lipinski definition) is 4. The molecule has 1 atom stereocenters. The smallest absolute Gasteiger partial charge is 0.159 e. The zero-order chi connectivity index (χ0) is 17.1. The Morgan fingerprint density at radius 1 is 1.00 bits per heavy atom. The van der Waals surface area contributed by atoms with Crippen LogP contribution in [0, 0.1) is 6.92 Å². The lowest BCUT2D eigenvalue weighted by molar-refractivity contribution is 0.659. The lowest BCUT2D eigenvalue weighted by Crippen LogP contribution is -2.36. The third-order valence-electron chi connectivity index (χ3n) is 5.32. The highest BCUT2D eigenvalue weighted by Crippen LogP contribution is 2.47. The van der Waals surface area contributed by atoms with Crippen LogP contribution in [0.15, 0.2) is 59.3 Å². The summed E-state index contributed by atoms with van der Waals surface area (Å²) in [6.45, 7) is 4.37. The van der Waals surface area contributed by atoms with E-state index in [9.17, 15) is 0 Å². The van der Waals surface area contributed by atoms with Crippen LogP contribution in [0.25, 0.3) is 21.9 Å². The zero-order valence-electron chi connectivity index (χ0n) is 14.5. The van der Waals surface area contributed by atoms with E-state index in [2.05, 4.69) is 72.1 Å². The second-order valence-electron chi connectivity index (χ2n) is 6.68. The molecule has 5 rings (SSSR count). The quantitative estimate of drug-likeness (QED) is 0.479. The molecule has 2 aromatic carbocycles. The van der Waals surface area contributed by atoms with Crippen LogP contribution in [0.2, 0.25) is 0 Å². The van der Waals surface area contributed by atoms with Gasteiger partial charge in [0.2, 0.25) is 0 Å². The van der Waals surface area contributed by atoms with E-state index in [-0.39, 0.29) is 6.17 Å². The van der Waals surface area contributed by atoms with Crippen molar-refractivity contribution in [3.63, 3.8) is 0 Å². The van der Waals surface area contributed by atoms with Crippen molar-refractivity contribution < 1.29 is 4.42 Å². The largest absolute Gasteiger partial charge is 0.452 e. The molecule has 0 amide bonds. The minimum absolute atomic E-state index is 0.216. The van der Waals surface area contributed by atoms with Crippen LogP contribution in [-0.4, -0.2) is 18.2 Å². The topological polar surface area (TPSA) is 32.5 Å². The minimum Gasteiger partial charge on any atom is -0.452 e. The van der Waals surface area contributed by atoms with Gasteiger partial charge in [0.25, 0.3) is 0 Å². The van der Waals surface area contributed by atoms with Crippen molar-refractivity contribution in [3.8, 4) is 0 Å². The highest BCUT2D eigenvalue weighted by atomic mass is 16.3. The molecular formula is C21H19N3O. The maximum Gasteiger partial charge on any atom is 0.159 e. The summed E-state index contributed by atoms with van der Waals surface area (Å²) in [6, 6.07) is 14.9. The number of aryl methyl sites for hydroxylation is 1. The van der Waals surface area contributed by atoms with E-state index in [0.717, 1.165) is 27.6 Å². The Bertz CT molecular complexity index is 1110. The lowest BCUT2D eigenvalue weighted by Gasteiger charge is -2.29. The maximum absolute atomic E-state index is 6.25. The van der Waals surface area contributed by atoms with Crippen LogP contribution < -0.4 is 9.80 Å². The number of furan rings is 1. The first-order valence-electron chi connectivity index (χ1n) is 8.54. The van der Waals surface area contributed by atoms with Gasteiger partial charge in [-0.25, -0.2) is 0 Å². The Kier molecular flexibility index (Phi) is 2.86. The third-order valence-corrected chi connectivity index (χ3v) is 5.32. The van der Waals surface area contributed by atoms with Crippen molar-refractivity contribution >= 4 is 39.0 Å². The van der Waals surface area contributed by atoms with Gasteiger partial charge in [-0.1, -0.05) is 24.3 Å². The predicted molar refractivity (Wildman–Crippen MR) is 103 cm³/mol. The molecule has 0 spiro atoms. The molecule has 4 aromatic rings. The summed E-state index contributed by atoms with van der Waals surface area (Å²) in [4.78, 5) is 8.89. The molecule has 124 valence electrons. The Morgan fingerprint density at radius 3 is 2.64 bits per heavy atom. The summed E-state index contributed by atoms with van der Waals surface area (Å²) in [5.74, 6) is 0. The molecule has 0 aliphatic carbocycles. The van der Waals surface area contributed by atoms with Gasteiger partial charge in [-0.15, -0.1) is 0 Å². The molecule has 0 radical (unpaired) electrons. The molecular weight excluding hydrogens is 310 g/mol. The fourth-order valence-electron chi connectivity index (χ4n) is 3.93. The number of nitrogens with zero attached hydrogens (tertiary/aromatic N) is 3. The van der Waals surface area contributed by atoms with Gasteiger partial charge in [-0.2, -0.15) is 0 Å². The number of fused-ring (bicyclic) bond motifs is 4. The SMILES string of the molecule is Cc1ccc2c(oc3cnccc32)c1N1c2ccccc2N(C)[C@@H]1C. The van der Waals surface area contributed by atoms with Gasteiger partial charge >= 0.3 is 0 Å². The van der Waals surface area contributed by atoms with Crippen LogP contribution in [0.4, 0.5) is 17.1 Å². The van der Waals surface area contributed by atoms with Gasteiger partial charge < -0.3 is 14.2 Å². The highest BCUT2D eigenvalue weighted by molar-refractivity contribution is 6.10. The molecule has 25 heavy (non-hydrogen) atoms. The number of hydrogen-bond donors (Lipinski definition) is 0. The molecule has 0 unspecified atom stereocenters. The first kappa shape index (κ1) is 14.3. The molecule has 0 saturated carbocycles. The number of anilines is 3. The van der Waals surface area contributed by atoms with Gasteiger partial charge in [-0.3, -0.25) is 4.98 Å². The van der Waals surface area contributed by atoms with Crippen molar-refractivity contribution in [2.75, 3.05) is 16.8 Å². The predicted octanol–water partition coefficient (Wildman–Crippen LogP) is 5.22. The second-order valence-corrected chi connectivity index (χ2v) is 6.68. The molecule has 0 N–H and O–H groups in total. The Balaban J connectivity index is 1.85. The van der Waals surface area contributed by atoms with E-state index in [0.29, 0.717) is 0 Å². The van der Waals surface area contributed by atoms with Crippen molar-refractivity contribution in [1.82, 2.24) is 4.98 Å². The second kappa shape index (κ2) is 4.99. The summed E-state index contributed by atoms with van der Waals surface area (Å²) in [5.41, 5.74) is 6.56. The average molecular weight is 329 g/mol. The normalized spacial score (nSPS) is 16.8. The Labute approximate surface area is 146 Å². The number of rotatable bonds is 1. The van der Waals surface area contributed by atoms with Crippen LogP contribution in [0.3, 0.4) is 0 Å². The van der Waals surface area contributed by atoms with Crippen LogP contribution in [0.5, 0.6) is 0 Å². The summed E-state index contributed by atoms with van der Waals surface area (Å²) >= 11 is 0. The van der Waals surface area contributed by atoms with E-state index in [1.165, 1.54) is 16.9 Å². The van der Waals surface area contributed by atoms with Gasteiger partial charge in [0, 0.05) is 24.0 Å². The van der Waals surface area contributed by atoms with E-state index >= 15 is 0 Å². The average Bonchev–Trinajstić information content (AvgIpc) is 3.12. The zero-order valence-corrected chi connectivity index (χ0v) is 14.5. The summed E-state index contributed by atoms with van der Waals surface area (Å²) in [5, 5.41) is 2.25. The maximum atomic E-state index is 6.25. The minimum atomic E-state index is 0.216. The molecule has 4 heteroatoms. The Hall–Kier alpha value is -3.01. The van der Waals surface area contributed by atoms with Crippen molar-refractivity contribution in [2.24, 2.45) is 0 Å². The fourth-order valence-corrected chi connectivity index (χ4v) is 3.93. The molecule has 0 saturated heterocycles. The molecule has 3 heterocycles. The first-order valence-corrected chi connectivity index (χ1v) is 8.54. The number of para-hydroxylation sites is 2. The van der Waals surface area contributed by atoms with E-state index < -0.39 is 0 Å². The Morgan fingerprint density at radius 2 is 1.80 bits per heavy atom. The molecule has 2 aromatic heterocycles. The number of aromatic nitrogens is 1. The van der Waals surface area contributed by atoms with E-state index in [4.69, 9.17) is 4.42 Å². The highest BCUT2D eigenvalue weighted by Gasteiger charge is 2.33. The summed E-state index contributed by atoms with van der Waals surface area (Å²) in [7, 11) is 2.14. The van der Waals surface area contributed by atoms with E-state index in [1.54, 1.807) is 6.20 Å². The van der Waals surface area contributed by atoms with Gasteiger partial charge in [-0.05, 0) is 37.6 Å². The molecule has 0 bridgehead atoms. The van der Waals surface area contributed by atoms with Crippen molar-refractivity contribution in [1.29, 1.82) is 0 Å². The van der Waals surface area contributed by atoms with Crippen LogP contribution in [-0.2, 0) is 0 Å². The summed E-state index contributed by atoms with van der Waals surface area (Å²) in [6.07, 6.45) is 3.83. The third kappa shape index (κ3) is 1.85. The molecule has 1 aliphatic rings. The standard InChI is InChI=1S/C21H19N3O/c1-13-8-9-16-15-10-11-22-12-19(15)25-21(16)20(13)24-14(2)23(3)17-6-4-5-7-18(17)24/h4-12,14H,1-3H3/t14-/m0/s1. The monoisotopic (exact) mass is 329 g/mol. The van der Waals surface area contributed by atoms with E-state index in [1.807, 2.05) is 12.3 Å². The van der Waals surface area contributed by atoms with Gasteiger partial charge in [0.1, 0.15) is 6.17 Å². The molecule has 4 nitrogen and oxygen atoms in total. The summed E-state index contributed by atoms with van der Waals surface area (Å²) < 4.78 is 6.25.